The van der Waals surface area contributed by atoms with Crippen molar-refractivity contribution in [2.75, 3.05) is 36.5 Å². The van der Waals surface area contributed by atoms with Gasteiger partial charge in [0.05, 0.1) is 38.3 Å². The van der Waals surface area contributed by atoms with Gasteiger partial charge in [-0.2, -0.15) is 0 Å². The van der Waals surface area contributed by atoms with E-state index in [-0.39, 0.29) is 5.91 Å². The summed E-state index contributed by atoms with van der Waals surface area (Å²) in [5, 5.41) is 3.59. The molecule has 7 heteroatoms. The molecule has 0 bridgehead atoms. The highest BCUT2D eigenvalue weighted by Crippen LogP contribution is 2.35. The number of ether oxygens (including phenoxy) is 1. The largest absolute Gasteiger partial charge is 0.378 e. The molecule has 0 spiro atoms. The van der Waals surface area contributed by atoms with Crippen LogP contribution in [0.1, 0.15) is 9.67 Å². The van der Waals surface area contributed by atoms with Gasteiger partial charge in [-0.3, -0.25) is 4.79 Å². The van der Waals surface area contributed by atoms with Crippen LogP contribution >= 0.6 is 38.9 Å². The van der Waals surface area contributed by atoms with E-state index >= 15 is 0 Å². The van der Waals surface area contributed by atoms with Crippen LogP contribution in [0, 0.1) is 0 Å². The van der Waals surface area contributed by atoms with Crippen molar-refractivity contribution < 1.29 is 9.53 Å². The fourth-order valence-corrected chi connectivity index (χ4v) is 3.92. The number of nitrogens with one attached hydrogen (secondary N) is 1. The molecule has 1 aliphatic heterocycles. The fraction of sp³-hybridized carbons (Fsp3) is 0.267. The number of rotatable bonds is 3. The molecule has 116 valence electrons. The van der Waals surface area contributed by atoms with Crippen molar-refractivity contribution in [2.24, 2.45) is 0 Å². The minimum absolute atomic E-state index is 0.132. The Morgan fingerprint density at radius 2 is 2.05 bits per heavy atom. The Morgan fingerprint density at radius 1 is 1.27 bits per heavy atom. The van der Waals surface area contributed by atoms with E-state index in [4.69, 9.17) is 16.3 Å². The zero-order valence-corrected chi connectivity index (χ0v) is 14.8. The molecule has 1 fully saturated rings. The zero-order valence-electron chi connectivity index (χ0n) is 11.6. The Balaban J connectivity index is 1.86. The van der Waals surface area contributed by atoms with E-state index in [9.17, 15) is 4.79 Å². The van der Waals surface area contributed by atoms with Crippen LogP contribution in [0.5, 0.6) is 0 Å². The molecule has 0 radical (unpaired) electrons. The van der Waals surface area contributed by atoms with Crippen LogP contribution in [0.15, 0.2) is 34.1 Å². The Labute approximate surface area is 146 Å². The summed E-state index contributed by atoms with van der Waals surface area (Å²) in [5.74, 6) is -0.132. The third-order valence-corrected chi connectivity index (χ3v) is 5.29. The van der Waals surface area contributed by atoms with E-state index in [1.165, 1.54) is 11.3 Å². The number of hydrogen-bond acceptors (Lipinski definition) is 4. The van der Waals surface area contributed by atoms with Gasteiger partial charge in [0.15, 0.2) is 0 Å². The molecule has 2 aromatic rings. The molecule has 3 rings (SSSR count). The normalized spacial score (nSPS) is 14.9. The quantitative estimate of drug-likeness (QED) is 0.836. The maximum atomic E-state index is 12.4. The lowest BCUT2D eigenvalue weighted by atomic mass is 10.2. The van der Waals surface area contributed by atoms with E-state index < -0.39 is 0 Å². The van der Waals surface area contributed by atoms with Gasteiger partial charge in [-0.15, -0.1) is 11.3 Å². The molecule has 0 atom stereocenters. The molecule has 0 saturated carbocycles. The molecule has 1 aromatic heterocycles. The van der Waals surface area contributed by atoms with E-state index in [2.05, 4.69) is 26.1 Å². The first-order valence-electron chi connectivity index (χ1n) is 6.83. The van der Waals surface area contributed by atoms with Gasteiger partial charge in [0, 0.05) is 13.1 Å². The third-order valence-electron chi connectivity index (χ3n) is 3.36. The number of anilines is 2. The van der Waals surface area contributed by atoms with Gasteiger partial charge < -0.3 is 15.0 Å². The van der Waals surface area contributed by atoms with Crippen molar-refractivity contribution in [1.82, 2.24) is 0 Å². The molecular weight excluding hydrogens is 388 g/mol. The molecule has 4 nitrogen and oxygen atoms in total. The molecule has 1 N–H and O–H groups in total. The Bertz CT molecular complexity index is 686. The number of carbonyl (C=O) groups is 1. The third kappa shape index (κ3) is 3.46. The zero-order chi connectivity index (χ0) is 15.5. The van der Waals surface area contributed by atoms with E-state index in [1.807, 2.05) is 24.3 Å². The average Bonchev–Trinajstić information content (AvgIpc) is 2.95. The second-order valence-electron chi connectivity index (χ2n) is 4.79. The lowest BCUT2D eigenvalue weighted by molar-refractivity contribution is 0.103. The van der Waals surface area contributed by atoms with Gasteiger partial charge in [-0.05, 0) is 40.2 Å². The first-order chi connectivity index (χ1) is 10.6. The smallest absolute Gasteiger partial charge is 0.265 e. The first kappa shape index (κ1) is 15.8. The van der Waals surface area contributed by atoms with Gasteiger partial charge in [-0.1, -0.05) is 17.7 Å². The molecule has 1 aromatic carbocycles. The highest BCUT2D eigenvalue weighted by molar-refractivity contribution is 9.11. The van der Waals surface area contributed by atoms with Crippen molar-refractivity contribution in [3.05, 3.63) is 44.0 Å². The second-order valence-corrected chi connectivity index (χ2v) is 7.66. The fourth-order valence-electron chi connectivity index (χ4n) is 2.34. The van der Waals surface area contributed by atoms with Crippen LogP contribution in [0.2, 0.25) is 5.02 Å². The van der Waals surface area contributed by atoms with Crippen LogP contribution < -0.4 is 10.2 Å². The predicted octanol–water partition coefficient (Wildman–Crippen LogP) is 4.25. The van der Waals surface area contributed by atoms with Crippen LogP contribution in [0.25, 0.3) is 0 Å². The lowest BCUT2D eigenvalue weighted by Gasteiger charge is -2.31. The summed E-state index contributed by atoms with van der Waals surface area (Å²) in [7, 11) is 0. The number of carbonyl (C=O) groups excluding carboxylic acids is 1. The van der Waals surface area contributed by atoms with Gasteiger partial charge in [0.25, 0.3) is 5.91 Å². The summed E-state index contributed by atoms with van der Waals surface area (Å²) in [4.78, 5) is 15.2. The molecule has 2 heterocycles. The summed E-state index contributed by atoms with van der Waals surface area (Å²) < 4.78 is 6.31. The molecule has 0 aliphatic carbocycles. The summed E-state index contributed by atoms with van der Waals surface area (Å²) in [5.41, 5.74) is 1.58. The number of amides is 1. The van der Waals surface area contributed by atoms with Gasteiger partial charge in [0.2, 0.25) is 0 Å². The Morgan fingerprint density at radius 3 is 2.73 bits per heavy atom. The molecule has 1 saturated heterocycles. The van der Waals surface area contributed by atoms with E-state index in [0.29, 0.717) is 23.1 Å². The summed E-state index contributed by atoms with van der Waals surface area (Å²) in [6, 6.07) is 9.21. The van der Waals surface area contributed by atoms with Crippen molar-refractivity contribution in [2.45, 2.75) is 0 Å². The van der Waals surface area contributed by atoms with E-state index in [0.717, 1.165) is 28.3 Å². The number of nitrogens with zero attached hydrogens (tertiary/aromatic N) is 1. The highest BCUT2D eigenvalue weighted by Gasteiger charge is 2.19. The first-order valence-corrected chi connectivity index (χ1v) is 8.82. The number of para-hydroxylation sites is 1. The molecule has 1 aliphatic rings. The summed E-state index contributed by atoms with van der Waals surface area (Å²) in [6.07, 6.45) is 0. The average molecular weight is 402 g/mol. The van der Waals surface area contributed by atoms with Crippen LogP contribution in [0.3, 0.4) is 0 Å². The number of hydrogen-bond donors (Lipinski definition) is 1. The summed E-state index contributed by atoms with van der Waals surface area (Å²) in [6.45, 7) is 2.85. The lowest BCUT2D eigenvalue weighted by Crippen LogP contribution is -2.37. The van der Waals surface area contributed by atoms with Gasteiger partial charge in [0.1, 0.15) is 0 Å². The van der Waals surface area contributed by atoms with Gasteiger partial charge in [-0.25, -0.2) is 0 Å². The minimum Gasteiger partial charge on any atom is -0.378 e. The highest BCUT2D eigenvalue weighted by atomic mass is 79.9. The van der Waals surface area contributed by atoms with Crippen LogP contribution in [-0.2, 0) is 4.74 Å². The monoisotopic (exact) mass is 400 g/mol. The predicted molar refractivity (Wildman–Crippen MR) is 94.5 cm³/mol. The van der Waals surface area contributed by atoms with Crippen molar-refractivity contribution in [3.8, 4) is 0 Å². The number of halogens is 2. The van der Waals surface area contributed by atoms with E-state index in [1.54, 1.807) is 6.07 Å². The Kier molecular flexibility index (Phi) is 5.03. The second kappa shape index (κ2) is 7.00. The SMILES string of the molecule is O=C(Nc1cccc(Cl)c1N1CCOCC1)c1ccc(Br)s1. The number of morpholine rings is 1. The maximum absolute atomic E-state index is 12.4. The molecular formula is C15H14BrClN2O2S. The number of benzene rings is 1. The van der Waals surface area contributed by atoms with Crippen molar-refractivity contribution in [3.63, 3.8) is 0 Å². The molecule has 22 heavy (non-hydrogen) atoms. The minimum atomic E-state index is -0.132. The van der Waals surface area contributed by atoms with Crippen LogP contribution in [0.4, 0.5) is 11.4 Å². The van der Waals surface area contributed by atoms with Crippen LogP contribution in [-0.4, -0.2) is 32.2 Å². The standard InChI is InChI=1S/C15H14BrClN2O2S/c16-13-5-4-12(22-13)15(20)18-11-3-1-2-10(17)14(11)19-6-8-21-9-7-19/h1-5H,6-9H2,(H,18,20). The maximum Gasteiger partial charge on any atom is 0.265 e. The van der Waals surface area contributed by atoms with Gasteiger partial charge >= 0.3 is 0 Å². The molecule has 1 amide bonds. The van der Waals surface area contributed by atoms with Crippen molar-refractivity contribution >= 4 is 56.1 Å². The molecule has 0 unspecified atom stereocenters. The Hall–Kier alpha value is -1.08. The topological polar surface area (TPSA) is 41.6 Å². The van der Waals surface area contributed by atoms with Crippen molar-refractivity contribution in [1.29, 1.82) is 0 Å². The summed E-state index contributed by atoms with van der Waals surface area (Å²) >= 11 is 11.1. The number of thiophene rings is 1.